The number of nitrogens with one attached hydrogen (secondary N) is 1. The second-order valence-electron chi connectivity index (χ2n) is 5.52. The number of aromatic nitrogens is 1. The summed E-state index contributed by atoms with van der Waals surface area (Å²) in [6.07, 6.45) is 3.09. The van der Waals surface area contributed by atoms with E-state index in [1.54, 1.807) is 18.3 Å². The van der Waals surface area contributed by atoms with Gasteiger partial charge in [-0.1, -0.05) is 30.3 Å². The summed E-state index contributed by atoms with van der Waals surface area (Å²) < 4.78 is 0. The second kappa shape index (κ2) is 5.95. The third kappa shape index (κ3) is 3.14. The zero-order valence-electron chi connectivity index (χ0n) is 12.0. The van der Waals surface area contributed by atoms with Crippen LogP contribution in [0.2, 0.25) is 0 Å². The fraction of sp³-hybridized carbons (Fsp3) is 0.375. The van der Waals surface area contributed by atoms with Gasteiger partial charge in [-0.2, -0.15) is 0 Å². The standard InChI is InChI=1S/C16H19N3OS/c1-10(17)15(20)19-16-18-13-8-7-12(9-14(13)21-16)11-5-3-2-4-6-11/h2-6,10,12H,7-9,17H2,1H3,(H,18,19,20)/t10-,12?/m0/s1. The number of amides is 1. The molecule has 0 bridgehead atoms. The molecule has 1 amide bonds. The van der Waals surface area contributed by atoms with E-state index in [9.17, 15) is 4.79 Å². The van der Waals surface area contributed by atoms with Crippen molar-refractivity contribution in [3.05, 3.63) is 46.5 Å². The summed E-state index contributed by atoms with van der Waals surface area (Å²) in [6.45, 7) is 1.67. The van der Waals surface area contributed by atoms with Crippen LogP contribution >= 0.6 is 11.3 Å². The molecule has 1 aromatic carbocycles. The molecule has 0 aliphatic heterocycles. The Morgan fingerprint density at radius 3 is 2.90 bits per heavy atom. The van der Waals surface area contributed by atoms with Crippen molar-refractivity contribution in [2.24, 2.45) is 5.73 Å². The number of nitrogens with zero attached hydrogens (tertiary/aromatic N) is 1. The molecule has 110 valence electrons. The minimum Gasteiger partial charge on any atom is -0.320 e. The van der Waals surface area contributed by atoms with Gasteiger partial charge in [0.25, 0.3) is 0 Å². The zero-order chi connectivity index (χ0) is 14.8. The van der Waals surface area contributed by atoms with E-state index in [1.807, 2.05) is 6.07 Å². The first-order chi connectivity index (χ1) is 10.1. The van der Waals surface area contributed by atoms with Gasteiger partial charge in [0.15, 0.2) is 5.13 Å². The van der Waals surface area contributed by atoms with Gasteiger partial charge in [-0.05, 0) is 37.7 Å². The molecular formula is C16H19N3OS. The quantitative estimate of drug-likeness (QED) is 0.916. The number of hydrogen-bond acceptors (Lipinski definition) is 4. The van der Waals surface area contributed by atoms with Crippen molar-refractivity contribution in [2.75, 3.05) is 5.32 Å². The van der Waals surface area contributed by atoms with E-state index in [-0.39, 0.29) is 5.91 Å². The van der Waals surface area contributed by atoms with Crippen molar-refractivity contribution in [2.45, 2.75) is 38.1 Å². The van der Waals surface area contributed by atoms with E-state index in [0.29, 0.717) is 11.0 Å². The highest BCUT2D eigenvalue weighted by Gasteiger charge is 2.24. The summed E-state index contributed by atoms with van der Waals surface area (Å²) in [5, 5.41) is 3.47. The number of fused-ring (bicyclic) bond motifs is 1. The van der Waals surface area contributed by atoms with Gasteiger partial charge in [-0.3, -0.25) is 4.79 Å². The van der Waals surface area contributed by atoms with Gasteiger partial charge in [0.1, 0.15) is 0 Å². The molecule has 1 aromatic heterocycles. The van der Waals surface area contributed by atoms with E-state index in [0.717, 1.165) is 25.0 Å². The van der Waals surface area contributed by atoms with E-state index in [1.165, 1.54) is 10.4 Å². The van der Waals surface area contributed by atoms with Crippen LogP contribution in [0.4, 0.5) is 5.13 Å². The molecule has 0 spiro atoms. The summed E-state index contributed by atoms with van der Waals surface area (Å²) in [5.41, 5.74) is 8.09. The molecule has 1 aliphatic carbocycles. The van der Waals surface area contributed by atoms with E-state index in [2.05, 4.69) is 34.6 Å². The van der Waals surface area contributed by atoms with E-state index >= 15 is 0 Å². The van der Waals surface area contributed by atoms with Gasteiger partial charge in [0.05, 0.1) is 11.7 Å². The predicted octanol–water partition coefficient (Wildman–Crippen LogP) is 2.70. The Bertz CT molecular complexity index is 636. The first-order valence-corrected chi connectivity index (χ1v) is 8.05. The first-order valence-electron chi connectivity index (χ1n) is 7.23. The molecular weight excluding hydrogens is 282 g/mol. The van der Waals surface area contributed by atoms with Crippen LogP contribution in [0.1, 0.15) is 35.4 Å². The van der Waals surface area contributed by atoms with Crippen LogP contribution in [0.3, 0.4) is 0 Å². The molecule has 1 aliphatic rings. The minimum absolute atomic E-state index is 0.180. The SMILES string of the molecule is C[C@H](N)C(=O)Nc1nc2c(s1)CC(c1ccccc1)CC2. The van der Waals surface area contributed by atoms with Crippen molar-refractivity contribution in [3.63, 3.8) is 0 Å². The number of hydrogen-bond donors (Lipinski definition) is 2. The van der Waals surface area contributed by atoms with Crippen molar-refractivity contribution in [1.82, 2.24) is 4.98 Å². The van der Waals surface area contributed by atoms with Crippen LogP contribution in [0, 0.1) is 0 Å². The molecule has 2 aromatic rings. The Morgan fingerprint density at radius 1 is 1.43 bits per heavy atom. The number of thiazole rings is 1. The number of carbonyl (C=O) groups excluding carboxylic acids is 1. The Hall–Kier alpha value is -1.72. The first kappa shape index (κ1) is 14.2. The van der Waals surface area contributed by atoms with E-state index < -0.39 is 6.04 Å². The Labute approximate surface area is 128 Å². The van der Waals surface area contributed by atoms with Gasteiger partial charge < -0.3 is 11.1 Å². The minimum atomic E-state index is -0.511. The summed E-state index contributed by atoms with van der Waals surface area (Å²) >= 11 is 1.58. The lowest BCUT2D eigenvalue weighted by Gasteiger charge is -2.21. The molecule has 3 N–H and O–H groups in total. The van der Waals surface area contributed by atoms with Crippen molar-refractivity contribution >= 4 is 22.4 Å². The van der Waals surface area contributed by atoms with Crippen LogP contribution in [0.15, 0.2) is 30.3 Å². The highest BCUT2D eigenvalue weighted by atomic mass is 32.1. The second-order valence-corrected chi connectivity index (χ2v) is 6.60. The molecule has 0 radical (unpaired) electrons. The highest BCUT2D eigenvalue weighted by molar-refractivity contribution is 7.15. The molecule has 21 heavy (non-hydrogen) atoms. The lowest BCUT2D eigenvalue weighted by molar-refractivity contribution is -0.117. The van der Waals surface area contributed by atoms with Gasteiger partial charge >= 0.3 is 0 Å². The molecule has 4 nitrogen and oxygen atoms in total. The molecule has 1 unspecified atom stereocenters. The molecule has 0 saturated heterocycles. The maximum absolute atomic E-state index is 11.6. The maximum Gasteiger partial charge on any atom is 0.242 e. The van der Waals surface area contributed by atoms with Crippen molar-refractivity contribution in [3.8, 4) is 0 Å². The van der Waals surface area contributed by atoms with Gasteiger partial charge in [-0.25, -0.2) is 4.98 Å². The smallest absolute Gasteiger partial charge is 0.242 e. The van der Waals surface area contributed by atoms with Gasteiger partial charge in [-0.15, -0.1) is 11.3 Å². The molecule has 0 saturated carbocycles. The Kier molecular flexibility index (Phi) is 4.03. The lowest BCUT2D eigenvalue weighted by atomic mass is 9.85. The normalized spacial score (nSPS) is 18.9. The van der Waals surface area contributed by atoms with Crippen LogP contribution in [-0.2, 0) is 17.6 Å². The fourth-order valence-corrected chi connectivity index (χ4v) is 3.75. The average Bonchev–Trinajstić information content (AvgIpc) is 2.89. The summed E-state index contributed by atoms with van der Waals surface area (Å²) in [7, 11) is 0. The van der Waals surface area contributed by atoms with Crippen LogP contribution in [0.25, 0.3) is 0 Å². The zero-order valence-corrected chi connectivity index (χ0v) is 12.8. The fourth-order valence-electron chi connectivity index (χ4n) is 2.66. The van der Waals surface area contributed by atoms with Crippen LogP contribution < -0.4 is 11.1 Å². The summed E-state index contributed by atoms with van der Waals surface area (Å²) in [4.78, 5) is 17.5. The van der Waals surface area contributed by atoms with E-state index in [4.69, 9.17) is 5.73 Å². The van der Waals surface area contributed by atoms with Crippen LogP contribution in [0.5, 0.6) is 0 Å². The monoisotopic (exact) mass is 301 g/mol. The molecule has 5 heteroatoms. The van der Waals surface area contributed by atoms with Crippen molar-refractivity contribution < 1.29 is 4.79 Å². The summed E-state index contributed by atoms with van der Waals surface area (Å²) in [5.74, 6) is 0.372. The Balaban J connectivity index is 1.75. The van der Waals surface area contributed by atoms with Gasteiger partial charge in [0.2, 0.25) is 5.91 Å². The maximum atomic E-state index is 11.6. The average molecular weight is 301 g/mol. The third-order valence-corrected chi connectivity index (χ3v) is 4.89. The molecule has 2 atom stereocenters. The molecule has 0 fully saturated rings. The lowest BCUT2D eigenvalue weighted by Crippen LogP contribution is -2.32. The molecule has 3 rings (SSSR count). The number of aryl methyl sites for hydroxylation is 1. The van der Waals surface area contributed by atoms with Gasteiger partial charge in [0, 0.05) is 4.88 Å². The largest absolute Gasteiger partial charge is 0.320 e. The number of benzene rings is 1. The van der Waals surface area contributed by atoms with Crippen LogP contribution in [-0.4, -0.2) is 16.9 Å². The number of anilines is 1. The molecule has 1 heterocycles. The highest BCUT2D eigenvalue weighted by Crippen LogP contribution is 2.36. The predicted molar refractivity (Wildman–Crippen MR) is 85.6 cm³/mol. The number of nitrogens with two attached hydrogens (primary N) is 1. The van der Waals surface area contributed by atoms with Crippen molar-refractivity contribution in [1.29, 1.82) is 0 Å². The topological polar surface area (TPSA) is 68.0 Å². The third-order valence-electron chi connectivity index (χ3n) is 3.85. The number of carbonyl (C=O) groups is 1. The summed E-state index contributed by atoms with van der Waals surface area (Å²) in [6, 6.07) is 10.1. The number of rotatable bonds is 3. The Morgan fingerprint density at radius 2 is 2.19 bits per heavy atom.